The minimum atomic E-state index is -0.818. The van der Waals surface area contributed by atoms with Gasteiger partial charge in [-0.2, -0.15) is 5.01 Å². The molecule has 0 aromatic heterocycles. The Morgan fingerprint density at radius 2 is 1.89 bits per heavy atom. The van der Waals surface area contributed by atoms with Crippen LogP contribution in [-0.4, -0.2) is 42.8 Å². The number of amides is 2. The van der Waals surface area contributed by atoms with Gasteiger partial charge in [0.1, 0.15) is 12.4 Å². The molecule has 11 nitrogen and oxygen atoms in total. The number of guanidine groups is 1. The highest BCUT2D eigenvalue weighted by Gasteiger charge is 2.22. The average Bonchev–Trinajstić information content (AvgIpc) is 2.88. The van der Waals surface area contributed by atoms with Crippen LogP contribution in [0, 0.1) is 10.8 Å². The zero-order chi connectivity index (χ0) is 26.7. The highest BCUT2D eigenvalue weighted by Crippen LogP contribution is 2.33. The Morgan fingerprint density at radius 1 is 1.19 bits per heavy atom. The van der Waals surface area contributed by atoms with E-state index in [1.807, 2.05) is 0 Å². The fraction of sp³-hybridized carbons (Fsp3) is 0.120. The summed E-state index contributed by atoms with van der Waals surface area (Å²) in [6.07, 6.45) is 4.20. The summed E-state index contributed by atoms with van der Waals surface area (Å²) in [4.78, 5) is 16.3. The number of nitrogens with zero attached hydrogens (tertiary/aromatic N) is 2. The Morgan fingerprint density at radius 3 is 2.47 bits per heavy atom. The number of aliphatic imine (C=N–C) groups is 1. The number of carbonyl (C=O) groups excluding carboxylic acids is 1. The molecule has 0 aliphatic carbocycles. The quantitative estimate of drug-likeness (QED) is 0.0703. The van der Waals surface area contributed by atoms with Crippen molar-refractivity contribution in [3.63, 3.8) is 0 Å². The number of rotatable bonds is 11. The molecule has 1 unspecified atom stereocenters. The van der Waals surface area contributed by atoms with Crippen molar-refractivity contribution in [3.8, 4) is 11.5 Å². The lowest BCUT2D eigenvalue weighted by Crippen LogP contribution is -2.47. The summed E-state index contributed by atoms with van der Waals surface area (Å²) in [6, 6.07) is 10.7. The van der Waals surface area contributed by atoms with Crippen molar-refractivity contribution >= 4 is 29.7 Å². The number of anilines is 1. The molecule has 11 heteroatoms. The third kappa shape index (κ3) is 7.30. The highest BCUT2D eigenvalue weighted by atomic mass is 16.5. The van der Waals surface area contributed by atoms with Gasteiger partial charge in [-0.05, 0) is 42.0 Å². The van der Waals surface area contributed by atoms with Crippen molar-refractivity contribution in [2.24, 2.45) is 16.6 Å². The first kappa shape index (κ1) is 27.3. The Kier molecular flexibility index (Phi) is 9.96. The molecule has 0 aliphatic rings. The molecule has 2 aromatic carbocycles. The van der Waals surface area contributed by atoms with Crippen LogP contribution in [0.15, 0.2) is 85.0 Å². The number of carbonyl (C=O) groups is 1. The number of nitrogens with two attached hydrogens (primary N) is 2. The van der Waals surface area contributed by atoms with E-state index in [1.54, 1.807) is 48.5 Å². The number of urea groups is 1. The molecule has 188 valence electrons. The number of nitrogen functional groups attached to an aromatic ring is 1. The molecule has 0 saturated heterocycles. The lowest BCUT2D eigenvalue weighted by Gasteiger charge is -2.25. The van der Waals surface area contributed by atoms with E-state index in [1.165, 1.54) is 19.4 Å². The van der Waals surface area contributed by atoms with Crippen LogP contribution in [-0.2, 0) is 0 Å². The van der Waals surface area contributed by atoms with Gasteiger partial charge in [0, 0.05) is 23.2 Å². The summed E-state index contributed by atoms with van der Waals surface area (Å²) in [7, 11) is 1.53. The number of benzene rings is 2. The maximum absolute atomic E-state index is 12.6. The zero-order valence-electron chi connectivity index (χ0n) is 20.0. The molecule has 2 amide bonds. The van der Waals surface area contributed by atoms with Gasteiger partial charge < -0.3 is 25.8 Å². The molecular weight excluding hydrogens is 460 g/mol. The standard InChI is InChI=1S/C25H30N8O3/c1-5-13-30-24(28)33(29)25(34)31-16(3)22(32-19-10-7-17(8-11-19)23(26)27)18-9-12-20(35-4)21(15-18)36-14-6-2/h5-13,15,22,28,32H,1-3,14,29H2,4H3,(H3,26,27)(H,31,34). The fourth-order valence-electron chi connectivity index (χ4n) is 2.97. The average molecular weight is 491 g/mol. The lowest BCUT2D eigenvalue weighted by atomic mass is 10.0. The van der Waals surface area contributed by atoms with Crippen LogP contribution in [0.3, 0.4) is 0 Å². The molecule has 0 saturated carbocycles. The third-order valence-electron chi connectivity index (χ3n) is 4.75. The van der Waals surface area contributed by atoms with Crippen LogP contribution in [0.1, 0.15) is 17.2 Å². The minimum absolute atomic E-state index is 0.0569. The molecule has 8 N–H and O–H groups in total. The van der Waals surface area contributed by atoms with E-state index < -0.39 is 18.0 Å². The van der Waals surface area contributed by atoms with Gasteiger partial charge in [-0.15, -0.1) is 0 Å². The summed E-state index contributed by atoms with van der Waals surface area (Å²) in [6.45, 7) is 11.4. The van der Waals surface area contributed by atoms with E-state index >= 15 is 0 Å². The number of hydrogen-bond donors (Lipinski definition) is 6. The van der Waals surface area contributed by atoms with Crippen molar-refractivity contribution in [3.05, 3.63) is 91.2 Å². The van der Waals surface area contributed by atoms with E-state index in [2.05, 4.69) is 35.4 Å². The van der Waals surface area contributed by atoms with Crippen molar-refractivity contribution in [1.29, 1.82) is 10.8 Å². The van der Waals surface area contributed by atoms with E-state index in [-0.39, 0.29) is 18.1 Å². The zero-order valence-corrected chi connectivity index (χ0v) is 20.0. The molecule has 1 atom stereocenters. The molecule has 0 heterocycles. The predicted octanol–water partition coefficient (Wildman–Crippen LogP) is 3.29. The van der Waals surface area contributed by atoms with E-state index in [4.69, 9.17) is 31.9 Å². The number of nitrogens with one attached hydrogen (secondary N) is 4. The summed E-state index contributed by atoms with van der Waals surface area (Å²) >= 11 is 0. The molecule has 36 heavy (non-hydrogen) atoms. The van der Waals surface area contributed by atoms with Crippen LogP contribution >= 0.6 is 0 Å². The first-order chi connectivity index (χ1) is 17.2. The van der Waals surface area contributed by atoms with Crippen LogP contribution < -0.4 is 31.7 Å². The van der Waals surface area contributed by atoms with Crippen molar-refractivity contribution in [1.82, 2.24) is 10.3 Å². The van der Waals surface area contributed by atoms with Crippen LogP contribution in [0.4, 0.5) is 10.5 Å². The third-order valence-corrected chi connectivity index (χ3v) is 4.75. The van der Waals surface area contributed by atoms with Crippen molar-refractivity contribution < 1.29 is 14.3 Å². The molecule has 0 fully saturated rings. The van der Waals surface area contributed by atoms with Gasteiger partial charge in [-0.1, -0.05) is 38.0 Å². The molecule has 0 aliphatic heterocycles. The second kappa shape index (κ2) is 13.1. The second-order valence-electron chi connectivity index (χ2n) is 7.24. The molecule has 0 radical (unpaired) electrons. The van der Waals surface area contributed by atoms with Crippen LogP contribution in [0.5, 0.6) is 11.5 Å². The molecule has 0 spiro atoms. The SMILES string of the molecule is C=CC=NC(=N)N(N)C(=O)NC(=C)C(Nc1ccc(C(=N)N)cc1)c1ccc(OC)c(OCC=C)c1. The van der Waals surface area contributed by atoms with Gasteiger partial charge >= 0.3 is 6.03 Å². The maximum Gasteiger partial charge on any atom is 0.343 e. The van der Waals surface area contributed by atoms with E-state index in [0.717, 1.165) is 0 Å². The minimum Gasteiger partial charge on any atom is -0.493 e. The highest BCUT2D eigenvalue weighted by molar-refractivity contribution is 5.99. The second-order valence-corrected chi connectivity index (χ2v) is 7.24. The van der Waals surface area contributed by atoms with Gasteiger partial charge in [-0.25, -0.2) is 15.6 Å². The van der Waals surface area contributed by atoms with Crippen molar-refractivity contribution in [2.75, 3.05) is 19.0 Å². The Hall–Kier alpha value is -4.90. The van der Waals surface area contributed by atoms with Gasteiger partial charge in [-0.3, -0.25) is 10.8 Å². The topological polar surface area (TPSA) is 175 Å². The molecule has 0 bridgehead atoms. The lowest BCUT2D eigenvalue weighted by molar-refractivity contribution is 0.223. The monoisotopic (exact) mass is 490 g/mol. The maximum atomic E-state index is 12.6. The predicted molar refractivity (Wildman–Crippen MR) is 143 cm³/mol. The van der Waals surface area contributed by atoms with Gasteiger partial charge in [0.15, 0.2) is 11.5 Å². The Balaban J connectivity index is 2.39. The summed E-state index contributed by atoms with van der Waals surface area (Å²) in [5.74, 6) is 6.15. The fourth-order valence-corrected chi connectivity index (χ4v) is 2.97. The number of hydrogen-bond acceptors (Lipinski definition) is 7. The smallest absolute Gasteiger partial charge is 0.343 e. The molecule has 2 aromatic rings. The van der Waals surface area contributed by atoms with E-state index in [9.17, 15) is 4.79 Å². The first-order valence-corrected chi connectivity index (χ1v) is 10.6. The summed E-state index contributed by atoms with van der Waals surface area (Å²) in [5, 5.41) is 21.8. The van der Waals surface area contributed by atoms with E-state index in [0.29, 0.717) is 33.3 Å². The Labute approximate surface area is 209 Å². The van der Waals surface area contributed by atoms with Gasteiger partial charge in [0.25, 0.3) is 0 Å². The van der Waals surface area contributed by atoms with Crippen LogP contribution in [0.25, 0.3) is 0 Å². The van der Waals surface area contributed by atoms with Gasteiger partial charge in [0.2, 0.25) is 5.96 Å². The first-order valence-electron chi connectivity index (χ1n) is 10.6. The largest absolute Gasteiger partial charge is 0.493 e. The number of amidine groups is 1. The summed E-state index contributed by atoms with van der Waals surface area (Å²) in [5.41, 5.74) is 7.68. The molecule has 2 rings (SSSR count). The van der Waals surface area contributed by atoms with Crippen LogP contribution in [0.2, 0.25) is 0 Å². The van der Waals surface area contributed by atoms with Crippen molar-refractivity contribution in [2.45, 2.75) is 6.04 Å². The normalized spacial score (nSPS) is 11.2. The van der Waals surface area contributed by atoms with Gasteiger partial charge in [0.05, 0.1) is 13.2 Å². The number of allylic oxidation sites excluding steroid dienone is 1. The number of methoxy groups -OCH3 is 1. The number of ether oxygens (including phenoxy) is 2. The molecular formula is C25H30N8O3. The number of hydrazine groups is 1. The Bertz CT molecular complexity index is 1170. The summed E-state index contributed by atoms with van der Waals surface area (Å²) < 4.78 is 11.1.